The molecule has 0 aliphatic heterocycles. The zero-order valence-corrected chi connectivity index (χ0v) is 17.4. The van der Waals surface area contributed by atoms with Gasteiger partial charge < -0.3 is 0 Å². The first-order valence-electron chi connectivity index (χ1n) is 9.80. The molecule has 1 aliphatic rings. The van der Waals surface area contributed by atoms with E-state index in [0.717, 1.165) is 11.1 Å². The Balaban J connectivity index is 2.01. The van der Waals surface area contributed by atoms with Gasteiger partial charge in [0.05, 0.1) is 5.41 Å². The van der Waals surface area contributed by atoms with Gasteiger partial charge in [0.2, 0.25) is 0 Å². The van der Waals surface area contributed by atoms with Crippen molar-refractivity contribution in [3.8, 4) is 11.1 Å². The lowest BCUT2D eigenvalue weighted by molar-refractivity contribution is 0.751. The summed E-state index contributed by atoms with van der Waals surface area (Å²) in [5, 5.41) is 0. The highest BCUT2D eigenvalue weighted by atomic mass is 35.5. The molecule has 1 aliphatic carbocycles. The van der Waals surface area contributed by atoms with Crippen LogP contribution in [0.15, 0.2) is 97.1 Å². The van der Waals surface area contributed by atoms with Gasteiger partial charge in [-0.2, -0.15) is 0 Å². The molecule has 0 saturated heterocycles. The number of fused-ring (bicyclic) bond motifs is 3. The molecule has 0 saturated carbocycles. The molecule has 0 heterocycles. The Bertz CT molecular complexity index is 1100. The van der Waals surface area contributed by atoms with Crippen molar-refractivity contribution >= 4 is 23.2 Å². The second kappa shape index (κ2) is 7.37. The maximum Gasteiger partial charge on any atom is 0.0719 e. The fourth-order valence-electron chi connectivity index (χ4n) is 4.97. The third-order valence-corrected chi connectivity index (χ3v) is 6.66. The van der Waals surface area contributed by atoms with E-state index >= 15 is 0 Å². The van der Waals surface area contributed by atoms with Gasteiger partial charge in [0.1, 0.15) is 0 Å². The first-order chi connectivity index (χ1) is 14.3. The van der Waals surface area contributed by atoms with E-state index in [1.807, 2.05) is 0 Å². The predicted molar refractivity (Wildman–Crippen MR) is 123 cm³/mol. The summed E-state index contributed by atoms with van der Waals surface area (Å²) in [5.74, 6) is 0.927. The lowest BCUT2D eigenvalue weighted by Crippen LogP contribution is -2.31. The molecule has 4 aromatic carbocycles. The molecule has 0 atom stereocenters. The van der Waals surface area contributed by atoms with Crippen molar-refractivity contribution in [2.45, 2.75) is 17.2 Å². The number of benzene rings is 4. The van der Waals surface area contributed by atoms with Gasteiger partial charge in [-0.25, -0.2) is 0 Å². The summed E-state index contributed by atoms with van der Waals surface area (Å²) in [5.41, 5.74) is 9.43. The summed E-state index contributed by atoms with van der Waals surface area (Å²) < 4.78 is 0. The van der Waals surface area contributed by atoms with Crippen molar-refractivity contribution in [3.63, 3.8) is 0 Å². The fourth-order valence-corrected chi connectivity index (χ4v) is 5.43. The molecular formula is C27H20Cl2. The number of hydrogen-bond donors (Lipinski definition) is 0. The van der Waals surface area contributed by atoms with Crippen LogP contribution >= 0.6 is 23.2 Å². The SMILES string of the molecule is ClCc1ccccc1C1(c2ccccc2CCl)c2ccccc2-c2ccccc21. The summed E-state index contributed by atoms with van der Waals surface area (Å²) in [6.07, 6.45) is 0. The van der Waals surface area contributed by atoms with Crippen LogP contribution in [0.2, 0.25) is 0 Å². The van der Waals surface area contributed by atoms with Crippen molar-refractivity contribution in [1.29, 1.82) is 0 Å². The van der Waals surface area contributed by atoms with E-state index in [9.17, 15) is 0 Å². The fraction of sp³-hybridized carbons (Fsp3) is 0.111. The molecule has 0 nitrogen and oxygen atoms in total. The van der Waals surface area contributed by atoms with Gasteiger partial charge in [0, 0.05) is 11.8 Å². The van der Waals surface area contributed by atoms with Crippen molar-refractivity contribution in [2.24, 2.45) is 0 Å². The Kier molecular flexibility index (Phi) is 4.70. The second-order valence-electron chi connectivity index (χ2n) is 7.42. The Morgan fingerprint density at radius 2 is 0.793 bits per heavy atom. The Hall–Kier alpha value is -2.54. The van der Waals surface area contributed by atoms with Gasteiger partial charge >= 0.3 is 0 Å². The van der Waals surface area contributed by atoms with Crippen LogP contribution in [-0.4, -0.2) is 0 Å². The highest BCUT2D eigenvalue weighted by Gasteiger charge is 2.47. The molecule has 0 spiro atoms. The third-order valence-electron chi connectivity index (χ3n) is 6.08. The summed E-state index contributed by atoms with van der Waals surface area (Å²) in [4.78, 5) is 0. The lowest BCUT2D eigenvalue weighted by atomic mass is 9.65. The highest BCUT2D eigenvalue weighted by Crippen LogP contribution is 2.57. The molecule has 0 N–H and O–H groups in total. The van der Waals surface area contributed by atoms with Gasteiger partial charge in [0.15, 0.2) is 0 Å². The Labute approximate surface area is 181 Å². The quantitative estimate of drug-likeness (QED) is 0.266. The van der Waals surface area contributed by atoms with Gasteiger partial charge in [-0.15, -0.1) is 23.2 Å². The molecule has 2 heteroatoms. The standard InChI is InChI=1S/C27H20Cl2/c28-17-19-9-1-5-13-23(19)27(24-14-6-2-10-20(24)18-29)25-15-7-3-11-21(25)22-12-4-8-16-26(22)27/h1-16H,17-18H2. The summed E-state index contributed by atoms with van der Waals surface area (Å²) in [6, 6.07) is 34.5. The van der Waals surface area contributed by atoms with Gasteiger partial charge in [-0.3, -0.25) is 0 Å². The van der Waals surface area contributed by atoms with Crippen LogP contribution in [0.25, 0.3) is 11.1 Å². The number of alkyl halides is 2. The number of halogens is 2. The van der Waals surface area contributed by atoms with E-state index in [1.165, 1.54) is 33.4 Å². The largest absolute Gasteiger partial charge is 0.122 e. The van der Waals surface area contributed by atoms with Crippen LogP contribution < -0.4 is 0 Å². The van der Waals surface area contributed by atoms with E-state index in [4.69, 9.17) is 23.2 Å². The lowest BCUT2D eigenvalue weighted by Gasteiger charge is -2.36. The minimum absolute atomic E-state index is 0.440. The maximum atomic E-state index is 6.46. The van der Waals surface area contributed by atoms with Gasteiger partial charge in [-0.1, -0.05) is 97.1 Å². The molecular weight excluding hydrogens is 395 g/mol. The normalized spacial score (nSPS) is 13.7. The molecule has 0 amide bonds. The average molecular weight is 415 g/mol. The minimum atomic E-state index is -0.440. The van der Waals surface area contributed by atoms with E-state index in [-0.39, 0.29) is 0 Å². The molecule has 0 fully saturated rings. The number of hydrogen-bond acceptors (Lipinski definition) is 0. The summed E-state index contributed by atoms with van der Waals surface area (Å²) >= 11 is 12.9. The molecule has 0 radical (unpaired) electrons. The van der Waals surface area contributed by atoms with E-state index in [1.54, 1.807) is 0 Å². The summed E-state index contributed by atoms with van der Waals surface area (Å²) in [7, 11) is 0. The van der Waals surface area contributed by atoms with Crippen molar-refractivity contribution < 1.29 is 0 Å². The Morgan fingerprint density at radius 1 is 0.448 bits per heavy atom. The van der Waals surface area contributed by atoms with E-state index in [2.05, 4.69) is 97.1 Å². The van der Waals surface area contributed by atoms with Crippen molar-refractivity contribution in [2.75, 3.05) is 0 Å². The van der Waals surface area contributed by atoms with Crippen LogP contribution in [-0.2, 0) is 17.2 Å². The average Bonchev–Trinajstić information content (AvgIpc) is 3.10. The van der Waals surface area contributed by atoms with E-state index in [0.29, 0.717) is 11.8 Å². The smallest absolute Gasteiger partial charge is 0.0719 e. The molecule has 142 valence electrons. The second-order valence-corrected chi connectivity index (χ2v) is 7.96. The van der Waals surface area contributed by atoms with E-state index < -0.39 is 5.41 Å². The molecule has 0 aromatic heterocycles. The third kappa shape index (κ3) is 2.60. The minimum Gasteiger partial charge on any atom is -0.122 e. The van der Waals surface area contributed by atoms with Gasteiger partial charge in [-0.05, 0) is 44.5 Å². The number of rotatable bonds is 4. The topological polar surface area (TPSA) is 0 Å². The summed E-state index contributed by atoms with van der Waals surface area (Å²) in [6.45, 7) is 0. The van der Waals surface area contributed by atoms with Crippen molar-refractivity contribution in [3.05, 3.63) is 130 Å². The van der Waals surface area contributed by atoms with Crippen LogP contribution in [0.5, 0.6) is 0 Å². The monoisotopic (exact) mass is 414 g/mol. The Morgan fingerprint density at radius 3 is 1.21 bits per heavy atom. The zero-order valence-electron chi connectivity index (χ0n) is 15.9. The first kappa shape index (κ1) is 18.5. The molecule has 0 unspecified atom stereocenters. The van der Waals surface area contributed by atoms with Crippen LogP contribution in [0, 0.1) is 0 Å². The van der Waals surface area contributed by atoms with Gasteiger partial charge in [0.25, 0.3) is 0 Å². The van der Waals surface area contributed by atoms with Crippen molar-refractivity contribution in [1.82, 2.24) is 0 Å². The molecule has 0 bridgehead atoms. The molecule has 5 rings (SSSR count). The molecule has 29 heavy (non-hydrogen) atoms. The maximum absolute atomic E-state index is 6.46. The first-order valence-corrected chi connectivity index (χ1v) is 10.9. The zero-order chi connectivity index (χ0) is 19.8. The van der Waals surface area contributed by atoms with Crippen LogP contribution in [0.1, 0.15) is 33.4 Å². The van der Waals surface area contributed by atoms with Crippen LogP contribution in [0.4, 0.5) is 0 Å². The predicted octanol–water partition coefficient (Wildman–Crippen LogP) is 7.53. The van der Waals surface area contributed by atoms with Crippen LogP contribution in [0.3, 0.4) is 0 Å². The molecule has 4 aromatic rings. The highest BCUT2D eigenvalue weighted by molar-refractivity contribution is 6.17.